The van der Waals surface area contributed by atoms with Crippen LogP contribution in [0.3, 0.4) is 0 Å². The first kappa shape index (κ1) is 11.4. The SMILES string of the molecule is CC([Se]c1cccc(F)c1)c1ccccc1. The second kappa shape index (κ2) is 5.29. The zero-order chi connectivity index (χ0) is 11.4. The van der Waals surface area contributed by atoms with Crippen LogP contribution in [-0.4, -0.2) is 15.0 Å². The predicted molar refractivity (Wildman–Crippen MR) is 66.6 cm³/mol. The van der Waals surface area contributed by atoms with E-state index in [0.717, 1.165) is 4.46 Å². The summed E-state index contributed by atoms with van der Waals surface area (Å²) < 4.78 is 14.1. The molecule has 0 amide bonds. The van der Waals surface area contributed by atoms with Crippen molar-refractivity contribution in [3.8, 4) is 0 Å². The molecule has 0 saturated heterocycles. The molecule has 0 spiro atoms. The van der Waals surface area contributed by atoms with Gasteiger partial charge in [-0.1, -0.05) is 0 Å². The van der Waals surface area contributed by atoms with E-state index in [1.54, 1.807) is 12.1 Å². The molecule has 0 aromatic heterocycles. The molecule has 1 unspecified atom stereocenters. The van der Waals surface area contributed by atoms with Gasteiger partial charge in [0.2, 0.25) is 0 Å². The van der Waals surface area contributed by atoms with Gasteiger partial charge in [-0.05, 0) is 0 Å². The van der Waals surface area contributed by atoms with Gasteiger partial charge in [-0.3, -0.25) is 0 Å². The van der Waals surface area contributed by atoms with Crippen molar-refractivity contribution in [2.45, 2.75) is 11.7 Å². The Morgan fingerprint density at radius 1 is 1.00 bits per heavy atom. The van der Waals surface area contributed by atoms with Crippen LogP contribution in [0.25, 0.3) is 0 Å². The Morgan fingerprint density at radius 3 is 2.44 bits per heavy atom. The summed E-state index contributed by atoms with van der Waals surface area (Å²) in [5.41, 5.74) is 1.33. The summed E-state index contributed by atoms with van der Waals surface area (Å²) in [5, 5.41) is 0. The van der Waals surface area contributed by atoms with Crippen molar-refractivity contribution in [1.29, 1.82) is 0 Å². The maximum absolute atomic E-state index is 13.0. The molecule has 0 N–H and O–H groups in total. The van der Waals surface area contributed by atoms with E-state index in [-0.39, 0.29) is 20.8 Å². The van der Waals surface area contributed by atoms with Gasteiger partial charge in [-0.15, -0.1) is 0 Å². The number of benzene rings is 2. The average Bonchev–Trinajstić information content (AvgIpc) is 2.30. The Morgan fingerprint density at radius 2 is 1.75 bits per heavy atom. The molecule has 2 rings (SSSR count). The van der Waals surface area contributed by atoms with Gasteiger partial charge >= 0.3 is 102 Å². The van der Waals surface area contributed by atoms with Crippen molar-refractivity contribution >= 4 is 19.4 Å². The Hall–Kier alpha value is -1.11. The molecule has 1 atom stereocenters. The minimum atomic E-state index is -0.139. The molecular formula is C14H13FSe. The third-order valence-corrected chi connectivity index (χ3v) is 4.79. The van der Waals surface area contributed by atoms with E-state index < -0.39 is 0 Å². The minimum absolute atomic E-state index is 0.139. The summed E-state index contributed by atoms with van der Waals surface area (Å²) in [4.78, 5) is 0.482. The monoisotopic (exact) mass is 280 g/mol. The molecule has 0 heterocycles. The van der Waals surface area contributed by atoms with Gasteiger partial charge in [0.05, 0.1) is 0 Å². The summed E-state index contributed by atoms with van der Waals surface area (Å²) in [5.74, 6) is -0.139. The molecular weight excluding hydrogens is 266 g/mol. The Bertz CT molecular complexity index is 453. The van der Waals surface area contributed by atoms with Crippen molar-refractivity contribution in [1.82, 2.24) is 0 Å². The normalized spacial score (nSPS) is 12.4. The predicted octanol–water partition coefficient (Wildman–Crippen LogP) is 2.92. The van der Waals surface area contributed by atoms with Gasteiger partial charge in [-0.25, -0.2) is 0 Å². The third-order valence-electron chi connectivity index (χ3n) is 2.38. The fourth-order valence-electron chi connectivity index (χ4n) is 1.54. The molecule has 0 aliphatic heterocycles. The van der Waals surface area contributed by atoms with E-state index in [2.05, 4.69) is 19.1 Å². The van der Waals surface area contributed by atoms with Gasteiger partial charge in [0.25, 0.3) is 0 Å². The molecule has 16 heavy (non-hydrogen) atoms. The Kier molecular flexibility index (Phi) is 3.76. The topological polar surface area (TPSA) is 0 Å². The van der Waals surface area contributed by atoms with Crippen LogP contribution >= 0.6 is 0 Å². The molecule has 2 heteroatoms. The molecule has 2 aromatic rings. The van der Waals surface area contributed by atoms with E-state index >= 15 is 0 Å². The second-order valence-corrected chi connectivity index (χ2v) is 6.60. The van der Waals surface area contributed by atoms with Crippen LogP contribution in [0.4, 0.5) is 4.39 Å². The van der Waals surface area contributed by atoms with Crippen molar-refractivity contribution in [2.24, 2.45) is 0 Å². The molecule has 0 bridgehead atoms. The Labute approximate surface area is 102 Å². The quantitative estimate of drug-likeness (QED) is 0.758. The average molecular weight is 279 g/mol. The van der Waals surface area contributed by atoms with E-state index in [4.69, 9.17) is 0 Å². The number of hydrogen-bond donors (Lipinski definition) is 0. The van der Waals surface area contributed by atoms with Crippen molar-refractivity contribution in [3.05, 3.63) is 66.0 Å². The van der Waals surface area contributed by atoms with Gasteiger partial charge < -0.3 is 0 Å². The van der Waals surface area contributed by atoms with Crippen LogP contribution in [0, 0.1) is 5.82 Å². The van der Waals surface area contributed by atoms with Gasteiger partial charge in [0.1, 0.15) is 0 Å². The molecule has 0 fully saturated rings. The van der Waals surface area contributed by atoms with Gasteiger partial charge in [-0.2, -0.15) is 0 Å². The van der Waals surface area contributed by atoms with Crippen LogP contribution in [0.5, 0.6) is 0 Å². The summed E-state index contributed by atoms with van der Waals surface area (Å²) in [6, 6.07) is 17.3. The summed E-state index contributed by atoms with van der Waals surface area (Å²) in [7, 11) is 0. The van der Waals surface area contributed by atoms with E-state index in [1.165, 1.54) is 11.6 Å². The standard InChI is InChI=1S/C14H13FSe/c1-11(12-6-3-2-4-7-12)16-14-9-5-8-13(15)10-14/h2-11H,1H3. The fraction of sp³-hybridized carbons (Fsp3) is 0.143. The van der Waals surface area contributed by atoms with E-state index in [1.807, 2.05) is 24.3 Å². The van der Waals surface area contributed by atoms with Crippen LogP contribution in [0.15, 0.2) is 54.6 Å². The zero-order valence-electron chi connectivity index (χ0n) is 9.06. The maximum atomic E-state index is 13.0. The van der Waals surface area contributed by atoms with E-state index in [0.29, 0.717) is 4.82 Å². The molecule has 0 saturated carbocycles. The van der Waals surface area contributed by atoms with Crippen LogP contribution in [-0.2, 0) is 0 Å². The fourth-order valence-corrected chi connectivity index (χ4v) is 3.72. The van der Waals surface area contributed by atoms with E-state index in [9.17, 15) is 4.39 Å². The number of rotatable bonds is 3. The molecule has 0 nitrogen and oxygen atoms in total. The summed E-state index contributed by atoms with van der Waals surface area (Å²) >= 11 is 0.281. The summed E-state index contributed by atoms with van der Waals surface area (Å²) in [6.07, 6.45) is 0. The second-order valence-electron chi connectivity index (χ2n) is 3.63. The Balaban J connectivity index is 2.11. The van der Waals surface area contributed by atoms with Gasteiger partial charge in [0, 0.05) is 0 Å². The molecule has 82 valence electrons. The first-order chi connectivity index (χ1) is 7.75. The molecule has 0 aliphatic carbocycles. The van der Waals surface area contributed by atoms with Crippen molar-refractivity contribution in [2.75, 3.05) is 0 Å². The molecule has 0 aliphatic rings. The van der Waals surface area contributed by atoms with Crippen molar-refractivity contribution < 1.29 is 4.39 Å². The van der Waals surface area contributed by atoms with Crippen LogP contribution in [0.2, 0.25) is 0 Å². The molecule has 2 aromatic carbocycles. The molecule has 0 radical (unpaired) electrons. The van der Waals surface area contributed by atoms with Crippen LogP contribution < -0.4 is 4.46 Å². The first-order valence-electron chi connectivity index (χ1n) is 5.23. The summed E-state index contributed by atoms with van der Waals surface area (Å²) in [6.45, 7) is 2.19. The zero-order valence-corrected chi connectivity index (χ0v) is 10.8. The number of halogens is 1. The van der Waals surface area contributed by atoms with Crippen molar-refractivity contribution in [3.63, 3.8) is 0 Å². The van der Waals surface area contributed by atoms with Gasteiger partial charge in [0.15, 0.2) is 0 Å². The first-order valence-corrected chi connectivity index (χ1v) is 7.07. The van der Waals surface area contributed by atoms with Crippen LogP contribution in [0.1, 0.15) is 17.3 Å². The number of hydrogen-bond acceptors (Lipinski definition) is 0. The third kappa shape index (κ3) is 2.94.